The minimum absolute atomic E-state index is 0.289. The summed E-state index contributed by atoms with van der Waals surface area (Å²) >= 11 is 4.51. The fraction of sp³-hybridized carbons (Fsp3) is 0.0435. The smallest absolute Gasteiger partial charge is 0.250 e. The van der Waals surface area contributed by atoms with Crippen molar-refractivity contribution in [2.75, 3.05) is 23.2 Å². The molecule has 33 heavy (non-hydrogen) atoms. The van der Waals surface area contributed by atoms with E-state index in [0.29, 0.717) is 11.9 Å². The first-order chi connectivity index (χ1) is 16.1. The first-order valence-corrected chi connectivity index (χ1v) is 12.0. The van der Waals surface area contributed by atoms with Crippen molar-refractivity contribution in [2.45, 2.75) is 0 Å². The standard InChI is InChI=1S/C23H19I2N7O/c1-33-20-15(12-16(24)13-19(20)25)14-26-32-23-30-21(27-17-8-4-2-5-9-17)29-22(31-23)28-18-10-6-3-7-11-18/h2-14H,1H3,(H3,27,28,29,30,31,32)/b26-14+. The zero-order chi connectivity index (χ0) is 23.0. The second-order valence-electron chi connectivity index (χ2n) is 6.67. The van der Waals surface area contributed by atoms with Crippen molar-refractivity contribution in [2.24, 2.45) is 5.10 Å². The number of aromatic nitrogens is 3. The summed E-state index contributed by atoms with van der Waals surface area (Å²) in [6, 6.07) is 23.4. The van der Waals surface area contributed by atoms with Gasteiger partial charge >= 0.3 is 0 Å². The van der Waals surface area contributed by atoms with E-state index >= 15 is 0 Å². The third-order valence-corrected chi connectivity index (χ3v) is 5.73. The predicted molar refractivity (Wildman–Crippen MR) is 149 cm³/mol. The van der Waals surface area contributed by atoms with Crippen LogP contribution in [-0.4, -0.2) is 28.3 Å². The second kappa shape index (κ2) is 11.2. The van der Waals surface area contributed by atoms with E-state index < -0.39 is 0 Å². The van der Waals surface area contributed by atoms with Crippen molar-refractivity contribution in [1.29, 1.82) is 0 Å². The number of nitrogens with zero attached hydrogens (tertiary/aromatic N) is 4. The Balaban J connectivity index is 1.60. The molecule has 3 N–H and O–H groups in total. The fourth-order valence-electron chi connectivity index (χ4n) is 2.89. The van der Waals surface area contributed by atoms with Gasteiger partial charge in [-0.2, -0.15) is 20.1 Å². The van der Waals surface area contributed by atoms with Gasteiger partial charge in [-0.1, -0.05) is 36.4 Å². The molecule has 0 bridgehead atoms. The van der Waals surface area contributed by atoms with E-state index in [1.807, 2.05) is 72.8 Å². The van der Waals surface area contributed by atoms with Crippen molar-refractivity contribution in [3.63, 3.8) is 0 Å². The molecule has 3 aromatic carbocycles. The van der Waals surface area contributed by atoms with Gasteiger partial charge in [0.25, 0.3) is 0 Å². The van der Waals surface area contributed by atoms with E-state index in [4.69, 9.17) is 4.74 Å². The van der Waals surface area contributed by atoms with Crippen LogP contribution in [0, 0.1) is 7.14 Å². The number of rotatable bonds is 8. The SMILES string of the molecule is COc1c(I)cc(I)cc1/C=N/Nc1nc(Nc2ccccc2)nc(Nc2ccccc2)n1. The molecule has 0 radical (unpaired) electrons. The molecule has 0 unspecified atom stereocenters. The molecule has 10 heteroatoms. The molecular weight excluding hydrogens is 644 g/mol. The Morgan fingerprint density at radius 1 is 0.788 bits per heavy atom. The Bertz CT molecular complexity index is 1190. The van der Waals surface area contributed by atoms with Gasteiger partial charge in [0.05, 0.1) is 16.9 Å². The van der Waals surface area contributed by atoms with Crippen LogP contribution >= 0.6 is 45.2 Å². The van der Waals surface area contributed by atoms with Gasteiger partial charge in [-0.25, -0.2) is 5.43 Å². The Labute approximate surface area is 218 Å². The fourth-order valence-corrected chi connectivity index (χ4v) is 5.00. The lowest BCUT2D eigenvalue weighted by atomic mass is 10.2. The molecule has 0 aliphatic rings. The normalized spacial score (nSPS) is 10.8. The highest BCUT2D eigenvalue weighted by Gasteiger charge is 2.09. The van der Waals surface area contributed by atoms with Crippen LogP contribution in [0.15, 0.2) is 77.9 Å². The number of hydrogen-bond donors (Lipinski definition) is 3. The zero-order valence-electron chi connectivity index (χ0n) is 17.5. The molecule has 0 aliphatic heterocycles. The van der Waals surface area contributed by atoms with Crippen LogP contribution in [0.4, 0.5) is 29.2 Å². The number of methoxy groups -OCH3 is 1. The molecule has 0 spiro atoms. The Morgan fingerprint density at radius 3 is 1.88 bits per heavy atom. The van der Waals surface area contributed by atoms with E-state index in [-0.39, 0.29) is 5.95 Å². The van der Waals surface area contributed by atoms with Crippen LogP contribution < -0.4 is 20.8 Å². The van der Waals surface area contributed by atoms with Crippen LogP contribution in [0.2, 0.25) is 0 Å². The third-order valence-electron chi connectivity index (χ3n) is 4.30. The van der Waals surface area contributed by atoms with Crippen molar-refractivity contribution >= 4 is 80.6 Å². The number of hydrazone groups is 1. The minimum atomic E-state index is 0.289. The summed E-state index contributed by atoms with van der Waals surface area (Å²) < 4.78 is 7.61. The van der Waals surface area contributed by atoms with Gasteiger partial charge in [0.15, 0.2) is 0 Å². The Morgan fingerprint density at radius 2 is 1.33 bits per heavy atom. The number of hydrogen-bond acceptors (Lipinski definition) is 8. The van der Waals surface area contributed by atoms with Gasteiger partial charge in [0.1, 0.15) is 5.75 Å². The molecule has 8 nitrogen and oxygen atoms in total. The first kappa shape index (κ1) is 23.2. The Kier molecular flexibility index (Phi) is 7.88. The lowest BCUT2D eigenvalue weighted by Crippen LogP contribution is -2.07. The maximum atomic E-state index is 5.51. The highest BCUT2D eigenvalue weighted by Crippen LogP contribution is 2.27. The molecule has 1 heterocycles. The monoisotopic (exact) mass is 663 g/mol. The highest BCUT2D eigenvalue weighted by molar-refractivity contribution is 14.1. The quantitative estimate of drug-likeness (QED) is 0.121. The predicted octanol–water partition coefficient (Wildman–Crippen LogP) is 6.02. The van der Waals surface area contributed by atoms with Crippen molar-refractivity contribution in [1.82, 2.24) is 15.0 Å². The molecule has 0 fully saturated rings. The average Bonchev–Trinajstić information content (AvgIpc) is 2.80. The summed E-state index contributed by atoms with van der Waals surface area (Å²) in [5, 5.41) is 10.7. The van der Waals surface area contributed by atoms with E-state index in [9.17, 15) is 0 Å². The molecule has 0 saturated heterocycles. The summed E-state index contributed by atoms with van der Waals surface area (Å²) in [6.45, 7) is 0. The molecule has 0 saturated carbocycles. The topological polar surface area (TPSA) is 96.4 Å². The van der Waals surface area contributed by atoms with Crippen molar-refractivity contribution in [3.8, 4) is 5.75 Å². The number of halogens is 2. The molecule has 1 aromatic heterocycles. The van der Waals surface area contributed by atoms with Crippen LogP contribution in [-0.2, 0) is 0 Å². The number of benzene rings is 3. The van der Waals surface area contributed by atoms with Gasteiger partial charge in [-0.3, -0.25) is 0 Å². The lowest BCUT2D eigenvalue weighted by molar-refractivity contribution is 0.411. The van der Waals surface area contributed by atoms with Crippen LogP contribution in [0.1, 0.15) is 5.56 Å². The molecule has 166 valence electrons. The largest absolute Gasteiger partial charge is 0.495 e. The van der Waals surface area contributed by atoms with E-state index in [1.165, 1.54) is 0 Å². The number of anilines is 5. The third kappa shape index (κ3) is 6.51. The summed E-state index contributed by atoms with van der Waals surface area (Å²) in [5.41, 5.74) is 5.48. The zero-order valence-corrected chi connectivity index (χ0v) is 21.8. The van der Waals surface area contributed by atoms with Crippen LogP contribution in [0.3, 0.4) is 0 Å². The van der Waals surface area contributed by atoms with Crippen LogP contribution in [0.25, 0.3) is 0 Å². The van der Waals surface area contributed by atoms with Crippen molar-refractivity contribution < 1.29 is 4.74 Å². The number of nitrogens with one attached hydrogen (secondary N) is 3. The molecule has 4 aromatic rings. The number of para-hydroxylation sites is 2. The molecule has 0 aliphatic carbocycles. The van der Waals surface area contributed by atoms with Crippen LogP contribution in [0.5, 0.6) is 5.75 Å². The van der Waals surface area contributed by atoms with E-state index in [0.717, 1.165) is 29.8 Å². The summed E-state index contributed by atoms with van der Waals surface area (Å²) in [5.74, 6) is 1.81. The number of ether oxygens (including phenoxy) is 1. The summed E-state index contributed by atoms with van der Waals surface area (Å²) in [4.78, 5) is 13.4. The summed E-state index contributed by atoms with van der Waals surface area (Å²) in [6.07, 6.45) is 1.68. The van der Waals surface area contributed by atoms with Gasteiger partial charge in [-0.15, -0.1) is 0 Å². The van der Waals surface area contributed by atoms with Gasteiger partial charge in [-0.05, 0) is 81.6 Å². The lowest BCUT2D eigenvalue weighted by Gasteiger charge is -2.10. The highest BCUT2D eigenvalue weighted by atomic mass is 127. The van der Waals surface area contributed by atoms with Gasteiger partial charge in [0.2, 0.25) is 17.8 Å². The Hall–Kier alpha value is -3.00. The average molecular weight is 663 g/mol. The molecule has 0 amide bonds. The van der Waals surface area contributed by atoms with Gasteiger partial charge < -0.3 is 15.4 Å². The van der Waals surface area contributed by atoms with E-state index in [1.54, 1.807) is 13.3 Å². The summed E-state index contributed by atoms with van der Waals surface area (Å²) in [7, 11) is 1.64. The minimum Gasteiger partial charge on any atom is -0.495 e. The van der Waals surface area contributed by atoms with Gasteiger partial charge in [0, 0.05) is 20.5 Å². The van der Waals surface area contributed by atoms with Crippen molar-refractivity contribution in [3.05, 3.63) is 85.5 Å². The molecular formula is C23H19I2N7O. The maximum absolute atomic E-state index is 5.51. The molecule has 4 rings (SSSR count). The first-order valence-electron chi connectivity index (χ1n) is 9.83. The maximum Gasteiger partial charge on any atom is 0.250 e. The molecule has 0 atom stereocenters. The second-order valence-corrected chi connectivity index (χ2v) is 9.08. The van der Waals surface area contributed by atoms with E-state index in [2.05, 4.69) is 81.3 Å².